The van der Waals surface area contributed by atoms with Crippen molar-refractivity contribution < 1.29 is 18.5 Å². The minimum atomic E-state index is -1.57. The number of ether oxygens (including phenoxy) is 1. The lowest BCUT2D eigenvalue weighted by atomic mass is 9.95. The first-order valence-corrected chi connectivity index (χ1v) is 18.6. The first-order valence-electron chi connectivity index (χ1n) is 15.9. The van der Waals surface area contributed by atoms with Gasteiger partial charge in [-0.3, -0.25) is 19.1 Å². The smallest absolute Gasteiger partial charge is 0.308 e. The Labute approximate surface area is 296 Å². The van der Waals surface area contributed by atoms with E-state index >= 15 is 0 Å². The molecule has 0 aliphatic carbocycles. The number of methoxy groups -OCH3 is 1. The molecule has 6 rings (SSSR count). The van der Waals surface area contributed by atoms with Gasteiger partial charge in [-0.2, -0.15) is 0 Å². The summed E-state index contributed by atoms with van der Waals surface area (Å²) < 4.78 is 18.6. The molecule has 0 fully saturated rings. The van der Waals surface area contributed by atoms with Gasteiger partial charge in [0.15, 0.2) is 5.82 Å². The van der Waals surface area contributed by atoms with Crippen molar-refractivity contribution in [1.29, 1.82) is 0 Å². The van der Waals surface area contributed by atoms with Gasteiger partial charge in [0.2, 0.25) is 0 Å². The Morgan fingerprint density at radius 1 is 0.959 bits per heavy atom. The van der Waals surface area contributed by atoms with Crippen molar-refractivity contribution in [3.63, 3.8) is 0 Å². The molecule has 9 nitrogen and oxygen atoms in total. The number of carbonyl (C=O) groups is 2. The quantitative estimate of drug-likeness (QED) is 0.115. The summed E-state index contributed by atoms with van der Waals surface area (Å²) in [5.41, 5.74) is 8.30. The summed E-state index contributed by atoms with van der Waals surface area (Å²) in [6, 6.07) is 20.7. The monoisotopic (exact) mass is 713 g/mol. The molecule has 0 bridgehead atoms. The Morgan fingerprint density at radius 2 is 1.63 bits per heavy atom. The predicted molar refractivity (Wildman–Crippen MR) is 194 cm³/mol. The largest absolute Gasteiger partial charge is 0.469 e. The molecule has 0 spiro atoms. The SMILES string of the molecule is CCN(Cc1ccc(S(=O)Cl)cc1)C(=O)c1ccc(-c2ccc(C3=N[C@@H](CC(=O)OC)c4nnc(C)n4-c4sc(C)c(C)c43)cc2)cc1C. The number of carbonyl (C=O) groups excluding carboxylic acids is 2. The molecule has 0 saturated heterocycles. The molecular weight excluding hydrogens is 678 g/mol. The minimum Gasteiger partial charge on any atom is -0.469 e. The third kappa shape index (κ3) is 6.75. The van der Waals surface area contributed by atoms with Gasteiger partial charge in [-0.15, -0.1) is 21.5 Å². The van der Waals surface area contributed by atoms with E-state index in [0.29, 0.717) is 29.4 Å². The second kappa shape index (κ2) is 14.2. The Bertz CT molecular complexity index is 2120. The van der Waals surface area contributed by atoms with E-state index in [1.807, 2.05) is 55.7 Å². The molecule has 2 aromatic heterocycles. The van der Waals surface area contributed by atoms with Gasteiger partial charge < -0.3 is 9.64 Å². The van der Waals surface area contributed by atoms with Gasteiger partial charge in [-0.05, 0) is 91.3 Å². The summed E-state index contributed by atoms with van der Waals surface area (Å²) in [5.74, 6) is 0.930. The van der Waals surface area contributed by atoms with E-state index in [1.54, 1.807) is 28.4 Å². The number of hydrogen-bond acceptors (Lipinski definition) is 8. The van der Waals surface area contributed by atoms with E-state index in [-0.39, 0.29) is 18.3 Å². The molecule has 1 aliphatic heterocycles. The van der Waals surface area contributed by atoms with Crippen LogP contribution in [0, 0.1) is 27.7 Å². The zero-order valence-corrected chi connectivity index (χ0v) is 30.5. The van der Waals surface area contributed by atoms with Crippen molar-refractivity contribution in [2.75, 3.05) is 13.7 Å². The van der Waals surface area contributed by atoms with Crippen LogP contribution in [-0.4, -0.2) is 55.1 Å². The molecule has 5 aromatic rings. The second-order valence-corrected chi connectivity index (χ2v) is 14.9. The van der Waals surface area contributed by atoms with Crippen LogP contribution in [0.1, 0.15) is 74.1 Å². The molecular formula is C37H36ClN5O4S2. The zero-order chi connectivity index (χ0) is 35.0. The highest BCUT2D eigenvalue weighted by atomic mass is 35.7. The number of amides is 1. The van der Waals surface area contributed by atoms with Crippen LogP contribution in [-0.2, 0) is 26.1 Å². The maximum atomic E-state index is 13.6. The van der Waals surface area contributed by atoms with Gasteiger partial charge in [0.1, 0.15) is 26.9 Å². The maximum Gasteiger partial charge on any atom is 0.308 e. The van der Waals surface area contributed by atoms with Crippen LogP contribution in [0.4, 0.5) is 0 Å². The first-order chi connectivity index (χ1) is 23.5. The molecule has 12 heteroatoms. The number of esters is 1. The van der Waals surface area contributed by atoms with Crippen molar-refractivity contribution in [3.05, 3.63) is 117 Å². The Hall–Kier alpha value is -4.45. The number of aliphatic imine (C=N–C) groups is 1. The molecule has 1 amide bonds. The number of benzene rings is 3. The lowest BCUT2D eigenvalue weighted by molar-refractivity contribution is -0.141. The molecule has 0 radical (unpaired) electrons. The molecule has 2 atom stereocenters. The summed E-state index contributed by atoms with van der Waals surface area (Å²) in [4.78, 5) is 34.7. The Balaban J connectivity index is 1.29. The number of halogens is 1. The fourth-order valence-electron chi connectivity index (χ4n) is 6.09. The Kier molecular flexibility index (Phi) is 9.96. The van der Waals surface area contributed by atoms with Gasteiger partial charge in [-0.1, -0.05) is 48.5 Å². The highest BCUT2D eigenvalue weighted by molar-refractivity contribution is 8.08. The first kappa shape index (κ1) is 34.4. The van der Waals surface area contributed by atoms with E-state index in [9.17, 15) is 13.8 Å². The van der Waals surface area contributed by atoms with Gasteiger partial charge >= 0.3 is 5.97 Å². The molecule has 49 heavy (non-hydrogen) atoms. The third-order valence-electron chi connectivity index (χ3n) is 8.93. The zero-order valence-electron chi connectivity index (χ0n) is 28.1. The number of fused-ring (bicyclic) bond motifs is 3. The topological polar surface area (TPSA) is 107 Å². The average Bonchev–Trinajstić information content (AvgIpc) is 3.58. The number of aromatic nitrogens is 3. The van der Waals surface area contributed by atoms with E-state index in [1.165, 1.54) is 12.0 Å². The summed E-state index contributed by atoms with van der Waals surface area (Å²) in [7, 11) is 5.50. The fourth-order valence-corrected chi connectivity index (χ4v) is 7.96. The van der Waals surface area contributed by atoms with Crippen molar-refractivity contribution in [1.82, 2.24) is 19.7 Å². The molecule has 3 heterocycles. The minimum absolute atomic E-state index is 0.0471. The lowest BCUT2D eigenvalue weighted by Crippen LogP contribution is -2.30. The van der Waals surface area contributed by atoms with Crippen LogP contribution in [0.5, 0.6) is 0 Å². The summed E-state index contributed by atoms with van der Waals surface area (Å²) in [6.07, 6.45) is 0.0471. The van der Waals surface area contributed by atoms with E-state index in [4.69, 9.17) is 20.4 Å². The summed E-state index contributed by atoms with van der Waals surface area (Å²) in [6.45, 7) is 11.0. The number of rotatable bonds is 9. The van der Waals surface area contributed by atoms with E-state index in [0.717, 1.165) is 55.5 Å². The third-order valence-corrected chi connectivity index (χ3v) is 11.3. The van der Waals surface area contributed by atoms with Crippen molar-refractivity contribution in [2.24, 2.45) is 4.99 Å². The van der Waals surface area contributed by atoms with E-state index < -0.39 is 16.1 Å². The van der Waals surface area contributed by atoms with Crippen molar-refractivity contribution in [3.8, 4) is 16.1 Å². The van der Waals surface area contributed by atoms with Crippen LogP contribution in [0.15, 0.2) is 76.6 Å². The summed E-state index contributed by atoms with van der Waals surface area (Å²) in [5, 5.41) is 9.76. The summed E-state index contributed by atoms with van der Waals surface area (Å²) >= 11 is 1.67. The molecule has 0 saturated carbocycles. The number of nitrogens with zero attached hydrogens (tertiary/aromatic N) is 5. The van der Waals surface area contributed by atoms with Crippen LogP contribution in [0.3, 0.4) is 0 Å². The highest BCUT2D eigenvalue weighted by Crippen LogP contribution is 2.40. The number of hydrogen-bond donors (Lipinski definition) is 0. The van der Waals surface area contributed by atoms with Gasteiger partial charge in [-0.25, -0.2) is 4.21 Å². The molecule has 252 valence electrons. The van der Waals surface area contributed by atoms with Crippen molar-refractivity contribution >= 4 is 49.6 Å². The van der Waals surface area contributed by atoms with E-state index in [2.05, 4.69) is 48.3 Å². The van der Waals surface area contributed by atoms with Gasteiger partial charge in [0, 0.05) is 34.7 Å². The normalized spacial score (nSPS) is 14.3. The highest BCUT2D eigenvalue weighted by Gasteiger charge is 2.32. The van der Waals surface area contributed by atoms with Gasteiger partial charge in [0.25, 0.3) is 5.91 Å². The molecule has 1 unspecified atom stereocenters. The van der Waals surface area contributed by atoms with Crippen molar-refractivity contribution in [2.45, 2.75) is 58.5 Å². The van der Waals surface area contributed by atoms with Crippen LogP contribution >= 0.6 is 22.0 Å². The molecule has 3 aromatic carbocycles. The lowest BCUT2D eigenvalue weighted by Gasteiger charge is -2.22. The number of aryl methyl sites for hydroxylation is 3. The molecule has 0 N–H and O–H groups in total. The average molecular weight is 714 g/mol. The fraction of sp³-hybridized carbons (Fsp3) is 0.270. The molecule has 1 aliphatic rings. The predicted octanol–water partition coefficient (Wildman–Crippen LogP) is 7.61. The Morgan fingerprint density at radius 3 is 2.27 bits per heavy atom. The van der Waals surface area contributed by atoms with Gasteiger partial charge in [0.05, 0.1) is 24.1 Å². The second-order valence-electron chi connectivity index (χ2n) is 12.0. The number of thiophene rings is 1. The maximum absolute atomic E-state index is 13.6. The van der Waals surface area contributed by atoms with Crippen LogP contribution in [0.25, 0.3) is 16.1 Å². The van der Waals surface area contributed by atoms with Crippen LogP contribution in [0.2, 0.25) is 0 Å². The standard InChI is InChI=1S/C37H36ClN5O4S2/c1-7-42(20-25-8-15-29(16-9-25)49(38)46)36(45)30-17-14-28(18-21(30)2)26-10-12-27(13-11-26)34-33-22(3)23(4)48-37(33)43-24(5)40-41-35(43)31(39-34)19-32(44)47-6/h8-18,31H,7,19-20H2,1-6H3/t31-,49?/m0/s1. The van der Waals surface area contributed by atoms with Crippen LogP contribution < -0.4 is 0 Å².